The van der Waals surface area contributed by atoms with Gasteiger partial charge in [0.1, 0.15) is 0 Å². The first-order valence-electron chi connectivity index (χ1n) is 8.01. The molecule has 2 aliphatic rings. The second-order valence-electron chi connectivity index (χ2n) is 7.30. The molecule has 0 radical (unpaired) electrons. The first kappa shape index (κ1) is 14.8. The van der Waals surface area contributed by atoms with Gasteiger partial charge >= 0.3 is 0 Å². The molecule has 0 spiro atoms. The highest BCUT2D eigenvalue weighted by Crippen LogP contribution is 2.35. The Morgan fingerprint density at radius 2 is 1.95 bits per heavy atom. The van der Waals surface area contributed by atoms with Crippen LogP contribution in [0.3, 0.4) is 0 Å². The molecule has 0 aromatic rings. The van der Waals surface area contributed by atoms with E-state index >= 15 is 0 Å². The van der Waals surface area contributed by atoms with E-state index in [1.807, 2.05) is 0 Å². The molecule has 19 heavy (non-hydrogen) atoms. The Balaban J connectivity index is 1.85. The van der Waals surface area contributed by atoms with Gasteiger partial charge in [0, 0.05) is 19.0 Å². The van der Waals surface area contributed by atoms with Crippen molar-refractivity contribution in [2.75, 3.05) is 19.6 Å². The Labute approximate surface area is 117 Å². The smallest absolute Gasteiger partial charge is 0.225 e. The van der Waals surface area contributed by atoms with Crippen molar-refractivity contribution in [1.82, 2.24) is 4.90 Å². The van der Waals surface area contributed by atoms with Crippen molar-refractivity contribution in [1.29, 1.82) is 0 Å². The Bertz CT molecular complexity index is 302. The molecule has 2 rings (SSSR count). The maximum absolute atomic E-state index is 12.6. The Hall–Kier alpha value is -0.570. The predicted octanol–water partition coefficient (Wildman–Crippen LogP) is 2.79. The van der Waals surface area contributed by atoms with E-state index in [2.05, 4.69) is 18.7 Å². The van der Waals surface area contributed by atoms with Gasteiger partial charge in [-0.15, -0.1) is 0 Å². The monoisotopic (exact) mass is 266 g/mol. The zero-order chi connectivity index (χ0) is 13.9. The summed E-state index contributed by atoms with van der Waals surface area (Å²) in [6.07, 6.45) is 8.05. The highest BCUT2D eigenvalue weighted by molar-refractivity contribution is 5.79. The molecule has 110 valence electrons. The second-order valence-corrected chi connectivity index (χ2v) is 7.30. The van der Waals surface area contributed by atoms with E-state index in [0.717, 1.165) is 51.7 Å². The molecule has 0 bridgehead atoms. The zero-order valence-corrected chi connectivity index (χ0v) is 12.7. The first-order valence-corrected chi connectivity index (χ1v) is 8.01. The van der Waals surface area contributed by atoms with Gasteiger partial charge in [0.2, 0.25) is 5.91 Å². The molecule has 1 saturated carbocycles. The molecule has 2 atom stereocenters. The number of rotatable bonds is 3. The third-order valence-electron chi connectivity index (χ3n) is 5.14. The quantitative estimate of drug-likeness (QED) is 0.854. The van der Waals surface area contributed by atoms with Gasteiger partial charge in [-0.1, -0.05) is 26.7 Å². The third kappa shape index (κ3) is 3.95. The molecule has 3 heteroatoms. The molecule has 1 aliphatic carbocycles. The minimum Gasteiger partial charge on any atom is -0.342 e. The van der Waals surface area contributed by atoms with Gasteiger partial charge in [-0.3, -0.25) is 4.79 Å². The van der Waals surface area contributed by atoms with Crippen LogP contribution >= 0.6 is 0 Å². The van der Waals surface area contributed by atoms with Crippen LogP contribution in [0.15, 0.2) is 0 Å². The van der Waals surface area contributed by atoms with Crippen molar-refractivity contribution in [3.05, 3.63) is 0 Å². The van der Waals surface area contributed by atoms with E-state index in [1.54, 1.807) is 0 Å². The van der Waals surface area contributed by atoms with Crippen LogP contribution in [0.2, 0.25) is 0 Å². The molecule has 1 amide bonds. The van der Waals surface area contributed by atoms with Gasteiger partial charge in [-0.25, -0.2) is 0 Å². The lowest BCUT2D eigenvalue weighted by atomic mass is 9.78. The molecular weight excluding hydrogens is 236 g/mol. The summed E-state index contributed by atoms with van der Waals surface area (Å²) in [7, 11) is 0. The SMILES string of the molecule is CC1(C)CCN(C(=O)C2CCCC(CCN)C2)CC1. The van der Waals surface area contributed by atoms with Crippen LogP contribution in [0.5, 0.6) is 0 Å². The molecule has 1 saturated heterocycles. The number of nitrogens with two attached hydrogens (primary N) is 1. The average molecular weight is 266 g/mol. The topological polar surface area (TPSA) is 46.3 Å². The maximum atomic E-state index is 12.6. The lowest BCUT2D eigenvalue weighted by Crippen LogP contribution is -2.44. The second kappa shape index (κ2) is 6.25. The van der Waals surface area contributed by atoms with Gasteiger partial charge in [-0.2, -0.15) is 0 Å². The number of likely N-dealkylation sites (tertiary alicyclic amines) is 1. The van der Waals surface area contributed by atoms with Crippen molar-refractivity contribution in [2.45, 2.75) is 58.8 Å². The van der Waals surface area contributed by atoms with Gasteiger partial charge in [0.15, 0.2) is 0 Å². The number of hydrogen-bond donors (Lipinski definition) is 1. The Morgan fingerprint density at radius 1 is 1.26 bits per heavy atom. The van der Waals surface area contributed by atoms with E-state index in [-0.39, 0.29) is 5.92 Å². The molecule has 0 aromatic heterocycles. The highest BCUT2D eigenvalue weighted by Gasteiger charge is 2.33. The third-order valence-corrected chi connectivity index (χ3v) is 5.14. The number of nitrogens with zero attached hydrogens (tertiary/aromatic N) is 1. The van der Waals surface area contributed by atoms with Crippen LogP contribution in [0.25, 0.3) is 0 Å². The van der Waals surface area contributed by atoms with Crippen LogP contribution < -0.4 is 5.73 Å². The Morgan fingerprint density at radius 3 is 2.58 bits per heavy atom. The zero-order valence-electron chi connectivity index (χ0n) is 12.7. The molecule has 1 aliphatic heterocycles. The van der Waals surface area contributed by atoms with Crippen LogP contribution in [0, 0.1) is 17.3 Å². The standard InChI is InChI=1S/C16H30N2O/c1-16(2)7-10-18(11-8-16)15(19)14-5-3-4-13(12-14)6-9-17/h13-14H,3-12,17H2,1-2H3. The van der Waals surface area contributed by atoms with Gasteiger partial charge in [-0.05, 0) is 50.0 Å². The lowest BCUT2D eigenvalue weighted by molar-refractivity contribution is -0.139. The minimum absolute atomic E-state index is 0.284. The minimum atomic E-state index is 0.284. The summed E-state index contributed by atoms with van der Waals surface area (Å²) in [5.74, 6) is 1.40. The molecule has 3 nitrogen and oxygen atoms in total. The van der Waals surface area contributed by atoms with Crippen LogP contribution in [-0.2, 0) is 4.79 Å². The molecule has 2 N–H and O–H groups in total. The van der Waals surface area contributed by atoms with Crippen LogP contribution in [0.4, 0.5) is 0 Å². The summed E-state index contributed by atoms with van der Waals surface area (Å²) in [4.78, 5) is 14.7. The van der Waals surface area contributed by atoms with E-state index in [9.17, 15) is 4.79 Å². The summed E-state index contributed by atoms with van der Waals surface area (Å²) in [5, 5.41) is 0. The van der Waals surface area contributed by atoms with Gasteiger partial charge in [0.25, 0.3) is 0 Å². The fourth-order valence-electron chi connectivity index (χ4n) is 3.60. The Kier molecular flexibility index (Phi) is 4.88. The number of carbonyl (C=O) groups is 1. The summed E-state index contributed by atoms with van der Waals surface area (Å²) in [5.41, 5.74) is 6.08. The molecule has 1 heterocycles. The molecule has 0 aromatic carbocycles. The number of amides is 1. The maximum Gasteiger partial charge on any atom is 0.225 e. The van der Waals surface area contributed by atoms with Crippen molar-refractivity contribution in [2.24, 2.45) is 23.0 Å². The number of carbonyl (C=O) groups excluding carboxylic acids is 1. The van der Waals surface area contributed by atoms with E-state index in [4.69, 9.17) is 5.73 Å². The first-order chi connectivity index (χ1) is 9.02. The number of piperidine rings is 1. The van der Waals surface area contributed by atoms with Crippen molar-refractivity contribution >= 4 is 5.91 Å². The molecular formula is C16H30N2O. The predicted molar refractivity (Wildman–Crippen MR) is 78.7 cm³/mol. The van der Waals surface area contributed by atoms with Crippen molar-refractivity contribution in [3.63, 3.8) is 0 Å². The fourth-order valence-corrected chi connectivity index (χ4v) is 3.60. The highest BCUT2D eigenvalue weighted by atomic mass is 16.2. The van der Waals surface area contributed by atoms with Crippen molar-refractivity contribution in [3.8, 4) is 0 Å². The summed E-state index contributed by atoms with van der Waals surface area (Å²) in [6, 6.07) is 0. The van der Waals surface area contributed by atoms with Crippen LogP contribution in [-0.4, -0.2) is 30.4 Å². The van der Waals surface area contributed by atoms with E-state index in [0.29, 0.717) is 17.2 Å². The van der Waals surface area contributed by atoms with Gasteiger partial charge < -0.3 is 10.6 Å². The molecule has 2 unspecified atom stereocenters. The van der Waals surface area contributed by atoms with E-state index < -0.39 is 0 Å². The van der Waals surface area contributed by atoms with E-state index in [1.165, 1.54) is 12.8 Å². The largest absolute Gasteiger partial charge is 0.342 e. The number of hydrogen-bond acceptors (Lipinski definition) is 2. The summed E-state index contributed by atoms with van der Waals surface area (Å²) >= 11 is 0. The summed E-state index contributed by atoms with van der Waals surface area (Å²) in [6.45, 7) is 7.32. The lowest BCUT2D eigenvalue weighted by Gasteiger charge is -2.39. The van der Waals surface area contributed by atoms with Crippen LogP contribution in [0.1, 0.15) is 58.8 Å². The fraction of sp³-hybridized carbons (Fsp3) is 0.938. The molecule has 2 fully saturated rings. The summed E-state index contributed by atoms with van der Waals surface area (Å²) < 4.78 is 0. The average Bonchev–Trinajstić information content (AvgIpc) is 2.39. The van der Waals surface area contributed by atoms with Gasteiger partial charge in [0.05, 0.1) is 0 Å². The normalized spacial score (nSPS) is 31.2. The van der Waals surface area contributed by atoms with Crippen molar-refractivity contribution < 1.29 is 4.79 Å².